The summed E-state index contributed by atoms with van der Waals surface area (Å²) >= 11 is 0. The summed E-state index contributed by atoms with van der Waals surface area (Å²) in [6, 6.07) is 0. The number of allylic oxidation sites excluding steroid dienone is 2. The Morgan fingerprint density at radius 3 is 1.93 bits per heavy atom. The fourth-order valence-electron chi connectivity index (χ4n) is 1.86. The van der Waals surface area contributed by atoms with Crippen molar-refractivity contribution in [3.05, 3.63) is 11.1 Å². The summed E-state index contributed by atoms with van der Waals surface area (Å²) in [5.41, 5.74) is 0.938. The molecule has 0 heterocycles. The van der Waals surface area contributed by atoms with Gasteiger partial charge in [0, 0.05) is 5.92 Å². The quantitative estimate of drug-likeness (QED) is 0.591. The molecule has 0 spiro atoms. The standard InChI is InChI=1S/C11H14O3/c1-5-6(2)11(14)9(8(4)12)7(3)10(5)13/h7,9H,1-4H3. The maximum atomic E-state index is 11.7. The lowest BCUT2D eigenvalue weighted by Crippen LogP contribution is -2.38. The minimum Gasteiger partial charge on any atom is -0.299 e. The van der Waals surface area contributed by atoms with Crippen molar-refractivity contribution in [2.75, 3.05) is 0 Å². The normalized spacial score (nSPS) is 28.3. The van der Waals surface area contributed by atoms with Crippen molar-refractivity contribution < 1.29 is 14.4 Å². The minimum atomic E-state index is -0.758. The van der Waals surface area contributed by atoms with E-state index in [9.17, 15) is 14.4 Å². The van der Waals surface area contributed by atoms with Gasteiger partial charge in [0.15, 0.2) is 11.6 Å². The summed E-state index contributed by atoms with van der Waals surface area (Å²) < 4.78 is 0. The Kier molecular flexibility index (Phi) is 2.69. The maximum absolute atomic E-state index is 11.7. The van der Waals surface area contributed by atoms with E-state index in [1.165, 1.54) is 6.92 Å². The van der Waals surface area contributed by atoms with E-state index in [0.29, 0.717) is 11.1 Å². The molecule has 0 aromatic heterocycles. The van der Waals surface area contributed by atoms with Crippen LogP contribution >= 0.6 is 0 Å². The Bertz CT molecular complexity index is 350. The van der Waals surface area contributed by atoms with Gasteiger partial charge in [0.25, 0.3) is 0 Å². The van der Waals surface area contributed by atoms with E-state index >= 15 is 0 Å². The molecule has 0 saturated heterocycles. The van der Waals surface area contributed by atoms with Crippen molar-refractivity contribution in [3.63, 3.8) is 0 Å². The Balaban J connectivity index is 3.24. The molecule has 0 saturated carbocycles. The summed E-state index contributed by atoms with van der Waals surface area (Å²) in [7, 11) is 0. The molecule has 2 atom stereocenters. The average molecular weight is 194 g/mol. The van der Waals surface area contributed by atoms with Crippen molar-refractivity contribution in [1.82, 2.24) is 0 Å². The van der Waals surface area contributed by atoms with Crippen LogP contribution in [0.15, 0.2) is 11.1 Å². The average Bonchev–Trinajstić information content (AvgIpc) is 2.11. The molecular weight excluding hydrogens is 180 g/mol. The van der Waals surface area contributed by atoms with Crippen LogP contribution in [0.25, 0.3) is 0 Å². The lowest BCUT2D eigenvalue weighted by molar-refractivity contribution is -0.137. The second-order valence-corrected chi connectivity index (χ2v) is 3.86. The zero-order chi connectivity index (χ0) is 11.0. The number of carbonyl (C=O) groups is 3. The first-order chi connectivity index (χ1) is 6.37. The first kappa shape index (κ1) is 10.8. The molecule has 0 bridgehead atoms. The zero-order valence-corrected chi connectivity index (χ0v) is 8.88. The molecule has 1 aliphatic rings. The third-order valence-electron chi connectivity index (χ3n) is 2.94. The van der Waals surface area contributed by atoms with Crippen molar-refractivity contribution in [3.8, 4) is 0 Å². The second kappa shape index (κ2) is 3.48. The van der Waals surface area contributed by atoms with Crippen molar-refractivity contribution in [1.29, 1.82) is 0 Å². The van der Waals surface area contributed by atoms with E-state index in [2.05, 4.69) is 0 Å². The number of Topliss-reactive ketones (excluding diaryl/α,β-unsaturated/α-hetero) is 3. The van der Waals surface area contributed by atoms with Gasteiger partial charge in [-0.3, -0.25) is 14.4 Å². The van der Waals surface area contributed by atoms with E-state index in [1.54, 1.807) is 20.8 Å². The molecule has 0 amide bonds. The maximum Gasteiger partial charge on any atom is 0.170 e. The third-order valence-corrected chi connectivity index (χ3v) is 2.94. The van der Waals surface area contributed by atoms with E-state index in [1.807, 2.05) is 0 Å². The minimum absolute atomic E-state index is 0.0812. The van der Waals surface area contributed by atoms with Gasteiger partial charge < -0.3 is 0 Å². The number of ketones is 3. The lowest BCUT2D eigenvalue weighted by Gasteiger charge is -2.25. The van der Waals surface area contributed by atoms with Gasteiger partial charge >= 0.3 is 0 Å². The Morgan fingerprint density at radius 2 is 1.50 bits per heavy atom. The van der Waals surface area contributed by atoms with Gasteiger partial charge in [0.2, 0.25) is 0 Å². The monoisotopic (exact) mass is 194 g/mol. The summed E-state index contributed by atoms with van der Waals surface area (Å²) in [6.45, 7) is 6.25. The molecule has 76 valence electrons. The fourth-order valence-corrected chi connectivity index (χ4v) is 1.86. The predicted molar refractivity (Wildman–Crippen MR) is 51.7 cm³/mol. The summed E-state index contributed by atoms with van der Waals surface area (Å²) in [5.74, 6) is -1.75. The van der Waals surface area contributed by atoms with Crippen LogP contribution in [0.4, 0.5) is 0 Å². The molecule has 3 heteroatoms. The first-order valence-corrected chi connectivity index (χ1v) is 4.64. The fraction of sp³-hybridized carbons (Fsp3) is 0.545. The highest BCUT2D eigenvalue weighted by Crippen LogP contribution is 2.28. The second-order valence-electron chi connectivity index (χ2n) is 3.86. The lowest BCUT2D eigenvalue weighted by atomic mass is 9.74. The molecule has 2 unspecified atom stereocenters. The van der Waals surface area contributed by atoms with Crippen molar-refractivity contribution in [2.45, 2.75) is 27.7 Å². The van der Waals surface area contributed by atoms with Crippen LogP contribution in [-0.2, 0) is 14.4 Å². The van der Waals surface area contributed by atoms with Gasteiger partial charge in [-0.1, -0.05) is 6.92 Å². The van der Waals surface area contributed by atoms with E-state index in [4.69, 9.17) is 0 Å². The highest BCUT2D eigenvalue weighted by molar-refractivity contribution is 6.20. The van der Waals surface area contributed by atoms with Crippen LogP contribution in [0.5, 0.6) is 0 Å². The van der Waals surface area contributed by atoms with E-state index < -0.39 is 11.8 Å². The topological polar surface area (TPSA) is 51.2 Å². The van der Waals surface area contributed by atoms with Gasteiger partial charge in [-0.15, -0.1) is 0 Å². The Morgan fingerprint density at radius 1 is 1.07 bits per heavy atom. The van der Waals surface area contributed by atoms with Crippen LogP contribution in [0.1, 0.15) is 27.7 Å². The highest BCUT2D eigenvalue weighted by atomic mass is 16.2. The van der Waals surface area contributed by atoms with E-state index in [0.717, 1.165) is 0 Å². The zero-order valence-electron chi connectivity index (χ0n) is 8.88. The van der Waals surface area contributed by atoms with Crippen molar-refractivity contribution in [2.24, 2.45) is 11.8 Å². The molecule has 0 aromatic rings. The highest BCUT2D eigenvalue weighted by Gasteiger charge is 2.39. The Hall–Kier alpha value is -1.25. The smallest absolute Gasteiger partial charge is 0.170 e. The first-order valence-electron chi connectivity index (χ1n) is 4.64. The summed E-state index contributed by atoms with van der Waals surface area (Å²) in [6.07, 6.45) is 0. The van der Waals surface area contributed by atoms with Crippen LogP contribution in [0.3, 0.4) is 0 Å². The molecule has 0 aromatic carbocycles. The Labute approximate surface area is 83.2 Å². The van der Waals surface area contributed by atoms with Crippen LogP contribution in [0, 0.1) is 11.8 Å². The molecule has 1 aliphatic carbocycles. The molecule has 0 aliphatic heterocycles. The number of carbonyl (C=O) groups excluding carboxylic acids is 3. The van der Waals surface area contributed by atoms with Crippen LogP contribution < -0.4 is 0 Å². The molecule has 0 N–H and O–H groups in total. The van der Waals surface area contributed by atoms with Crippen LogP contribution in [0.2, 0.25) is 0 Å². The van der Waals surface area contributed by atoms with Crippen LogP contribution in [-0.4, -0.2) is 17.3 Å². The van der Waals surface area contributed by atoms with Gasteiger partial charge in [0.05, 0.1) is 5.92 Å². The predicted octanol–water partition coefficient (Wildman–Crippen LogP) is 1.32. The van der Waals surface area contributed by atoms with Gasteiger partial charge in [0.1, 0.15) is 5.78 Å². The number of rotatable bonds is 1. The van der Waals surface area contributed by atoms with Gasteiger partial charge in [-0.05, 0) is 31.9 Å². The number of hydrogen-bond donors (Lipinski definition) is 0. The number of hydrogen-bond acceptors (Lipinski definition) is 3. The molecule has 3 nitrogen and oxygen atoms in total. The molecule has 0 fully saturated rings. The summed E-state index contributed by atoms with van der Waals surface area (Å²) in [5, 5.41) is 0. The third kappa shape index (κ3) is 1.43. The molecular formula is C11H14O3. The molecule has 1 rings (SSSR count). The largest absolute Gasteiger partial charge is 0.299 e. The molecule has 0 radical (unpaired) electrons. The van der Waals surface area contributed by atoms with Gasteiger partial charge in [-0.2, -0.15) is 0 Å². The van der Waals surface area contributed by atoms with Gasteiger partial charge in [-0.25, -0.2) is 0 Å². The molecule has 14 heavy (non-hydrogen) atoms. The summed E-state index contributed by atoms with van der Waals surface area (Å²) in [4.78, 5) is 34.6. The SMILES string of the molecule is CC(=O)C1C(=O)C(C)=C(C)C(=O)C1C. The van der Waals surface area contributed by atoms with Crippen molar-refractivity contribution >= 4 is 17.3 Å². The van der Waals surface area contributed by atoms with E-state index in [-0.39, 0.29) is 17.3 Å².